The monoisotopic (exact) mass is 225 g/mol. The molecule has 1 aliphatic rings. The molecule has 1 aromatic rings. The van der Waals surface area contributed by atoms with E-state index in [2.05, 4.69) is 4.84 Å². The zero-order valence-electron chi connectivity index (χ0n) is 9.19. The summed E-state index contributed by atoms with van der Waals surface area (Å²) >= 11 is 0. The Labute approximate surface area is 94.0 Å². The first kappa shape index (κ1) is 11.2. The van der Waals surface area contributed by atoms with Gasteiger partial charge >= 0.3 is 0 Å². The minimum absolute atomic E-state index is 0.329. The average Bonchev–Trinajstić information content (AvgIpc) is 2.32. The Hall–Kier alpha value is -1.30. The number of rotatable bonds is 4. The summed E-state index contributed by atoms with van der Waals surface area (Å²) < 4.78 is 16.2. The zero-order valence-corrected chi connectivity index (χ0v) is 9.19. The smallest absolute Gasteiger partial charge is 0.167 e. The third-order valence-corrected chi connectivity index (χ3v) is 2.44. The fourth-order valence-electron chi connectivity index (χ4n) is 1.74. The van der Waals surface area contributed by atoms with Crippen LogP contribution >= 0.6 is 0 Å². The SMILES string of the molecule is COCc1c(CON)ccc2c1OCCO2. The van der Waals surface area contributed by atoms with Crippen molar-refractivity contribution in [2.75, 3.05) is 20.3 Å². The van der Waals surface area contributed by atoms with Crippen molar-refractivity contribution >= 4 is 0 Å². The Morgan fingerprint density at radius 2 is 2.06 bits per heavy atom. The van der Waals surface area contributed by atoms with Crippen LogP contribution in [0.3, 0.4) is 0 Å². The van der Waals surface area contributed by atoms with E-state index < -0.39 is 0 Å². The van der Waals surface area contributed by atoms with Gasteiger partial charge in [-0.05, 0) is 11.6 Å². The number of benzene rings is 1. The molecule has 1 heterocycles. The van der Waals surface area contributed by atoms with Crippen molar-refractivity contribution in [3.05, 3.63) is 23.3 Å². The van der Waals surface area contributed by atoms with Crippen molar-refractivity contribution < 1.29 is 19.0 Å². The molecule has 5 nitrogen and oxygen atoms in total. The molecule has 0 fully saturated rings. The van der Waals surface area contributed by atoms with E-state index in [4.69, 9.17) is 20.1 Å². The first-order valence-electron chi connectivity index (χ1n) is 5.07. The number of hydrogen-bond donors (Lipinski definition) is 1. The van der Waals surface area contributed by atoms with Crippen LogP contribution in [0.15, 0.2) is 12.1 Å². The molecule has 0 spiro atoms. The van der Waals surface area contributed by atoms with Crippen molar-refractivity contribution in [2.24, 2.45) is 5.90 Å². The summed E-state index contributed by atoms with van der Waals surface area (Å²) in [7, 11) is 1.64. The number of fused-ring (bicyclic) bond motifs is 1. The Morgan fingerprint density at radius 3 is 2.81 bits per heavy atom. The van der Waals surface area contributed by atoms with Crippen molar-refractivity contribution in [1.29, 1.82) is 0 Å². The highest BCUT2D eigenvalue weighted by Gasteiger charge is 2.19. The van der Waals surface area contributed by atoms with Gasteiger partial charge in [-0.1, -0.05) is 6.07 Å². The summed E-state index contributed by atoms with van der Waals surface area (Å²) in [6.45, 7) is 1.91. The number of ether oxygens (including phenoxy) is 3. The molecule has 0 saturated heterocycles. The highest BCUT2D eigenvalue weighted by atomic mass is 16.6. The maximum Gasteiger partial charge on any atom is 0.167 e. The minimum Gasteiger partial charge on any atom is -0.486 e. The molecule has 2 rings (SSSR count). The lowest BCUT2D eigenvalue weighted by Crippen LogP contribution is -2.18. The molecule has 0 atom stereocenters. The van der Waals surface area contributed by atoms with E-state index >= 15 is 0 Å². The molecular formula is C11H15NO4. The zero-order chi connectivity index (χ0) is 11.4. The Morgan fingerprint density at radius 1 is 1.25 bits per heavy atom. The molecule has 1 aliphatic heterocycles. The van der Waals surface area contributed by atoms with E-state index in [1.807, 2.05) is 12.1 Å². The van der Waals surface area contributed by atoms with E-state index in [1.54, 1.807) is 7.11 Å². The topological polar surface area (TPSA) is 62.9 Å². The predicted octanol–water partition coefficient (Wildman–Crippen LogP) is 0.994. The van der Waals surface area contributed by atoms with Crippen LogP contribution in [0.2, 0.25) is 0 Å². The molecule has 0 unspecified atom stereocenters. The molecule has 88 valence electrons. The van der Waals surface area contributed by atoms with E-state index in [9.17, 15) is 0 Å². The summed E-state index contributed by atoms with van der Waals surface area (Å²) in [5.74, 6) is 6.58. The molecule has 2 N–H and O–H groups in total. The first-order chi connectivity index (χ1) is 7.86. The van der Waals surface area contributed by atoms with E-state index in [0.29, 0.717) is 26.4 Å². The molecule has 16 heavy (non-hydrogen) atoms. The first-order valence-corrected chi connectivity index (χ1v) is 5.07. The number of methoxy groups -OCH3 is 1. The van der Waals surface area contributed by atoms with Gasteiger partial charge in [-0.3, -0.25) is 4.84 Å². The predicted molar refractivity (Wildman–Crippen MR) is 57.1 cm³/mol. The van der Waals surface area contributed by atoms with Crippen molar-refractivity contribution in [3.8, 4) is 11.5 Å². The Bertz CT molecular complexity index is 367. The van der Waals surface area contributed by atoms with Crippen molar-refractivity contribution in [3.63, 3.8) is 0 Å². The van der Waals surface area contributed by atoms with Crippen LogP contribution in [0.25, 0.3) is 0 Å². The summed E-state index contributed by atoms with van der Waals surface area (Å²) in [6, 6.07) is 3.77. The number of nitrogens with two attached hydrogens (primary N) is 1. The Balaban J connectivity index is 2.39. The third-order valence-electron chi connectivity index (χ3n) is 2.44. The number of hydrogen-bond acceptors (Lipinski definition) is 5. The van der Waals surface area contributed by atoms with Gasteiger partial charge < -0.3 is 14.2 Å². The lowest BCUT2D eigenvalue weighted by atomic mass is 10.1. The van der Waals surface area contributed by atoms with Crippen LogP contribution in [0.1, 0.15) is 11.1 Å². The highest BCUT2D eigenvalue weighted by molar-refractivity contribution is 5.51. The average molecular weight is 225 g/mol. The second-order valence-electron chi connectivity index (χ2n) is 3.47. The van der Waals surface area contributed by atoms with Crippen LogP contribution in [-0.2, 0) is 22.8 Å². The summed E-state index contributed by atoms with van der Waals surface area (Å²) in [5, 5.41) is 0. The summed E-state index contributed by atoms with van der Waals surface area (Å²) in [5.41, 5.74) is 1.89. The van der Waals surface area contributed by atoms with Gasteiger partial charge in [-0.15, -0.1) is 0 Å². The van der Waals surface area contributed by atoms with Crippen LogP contribution in [0, 0.1) is 0 Å². The largest absolute Gasteiger partial charge is 0.486 e. The van der Waals surface area contributed by atoms with Gasteiger partial charge in [0.15, 0.2) is 11.5 Å². The van der Waals surface area contributed by atoms with Crippen molar-refractivity contribution in [2.45, 2.75) is 13.2 Å². The van der Waals surface area contributed by atoms with Gasteiger partial charge in [0, 0.05) is 12.7 Å². The minimum atomic E-state index is 0.329. The second-order valence-corrected chi connectivity index (χ2v) is 3.47. The van der Waals surface area contributed by atoms with E-state index in [1.165, 1.54) is 0 Å². The molecular weight excluding hydrogens is 210 g/mol. The van der Waals surface area contributed by atoms with Crippen LogP contribution in [0.5, 0.6) is 11.5 Å². The van der Waals surface area contributed by atoms with Crippen LogP contribution < -0.4 is 15.4 Å². The van der Waals surface area contributed by atoms with Gasteiger partial charge in [0.1, 0.15) is 13.2 Å². The molecule has 0 aromatic heterocycles. The maximum absolute atomic E-state index is 5.59. The molecule has 0 aliphatic carbocycles. The third kappa shape index (κ3) is 2.11. The Kier molecular flexibility index (Phi) is 3.61. The van der Waals surface area contributed by atoms with Crippen LogP contribution in [0.4, 0.5) is 0 Å². The van der Waals surface area contributed by atoms with Gasteiger partial charge in [0.05, 0.1) is 13.2 Å². The summed E-state index contributed by atoms with van der Waals surface area (Å²) in [6.07, 6.45) is 0. The molecule has 0 bridgehead atoms. The normalized spacial score (nSPS) is 13.9. The van der Waals surface area contributed by atoms with Gasteiger partial charge in [0.25, 0.3) is 0 Å². The quantitative estimate of drug-likeness (QED) is 0.774. The van der Waals surface area contributed by atoms with Crippen molar-refractivity contribution in [1.82, 2.24) is 0 Å². The van der Waals surface area contributed by atoms with Gasteiger partial charge in [0.2, 0.25) is 0 Å². The highest BCUT2D eigenvalue weighted by Crippen LogP contribution is 2.36. The molecule has 0 amide bonds. The maximum atomic E-state index is 5.59. The van der Waals surface area contributed by atoms with E-state index in [-0.39, 0.29) is 0 Å². The fraction of sp³-hybridized carbons (Fsp3) is 0.455. The molecule has 1 aromatic carbocycles. The molecule has 0 radical (unpaired) electrons. The fourth-order valence-corrected chi connectivity index (χ4v) is 1.74. The lowest BCUT2D eigenvalue weighted by molar-refractivity contribution is 0.117. The molecule has 0 saturated carbocycles. The molecule has 5 heteroatoms. The van der Waals surface area contributed by atoms with Crippen LogP contribution in [-0.4, -0.2) is 20.3 Å². The van der Waals surface area contributed by atoms with Gasteiger partial charge in [-0.2, -0.15) is 0 Å². The lowest BCUT2D eigenvalue weighted by Gasteiger charge is -2.22. The van der Waals surface area contributed by atoms with E-state index in [0.717, 1.165) is 22.6 Å². The summed E-state index contributed by atoms with van der Waals surface area (Å²) in [4.78, 5) is 4.65. The standard InChI is InChI=1S/C11H15NO4/c1-13-7-9-8(6-16-12)2-3-10-11(9)15-5-4-14-10/h2-3H,4-7,12H2,1H3. The second kappa shape index (κ2) is 5.16. The van der Waals surface area contributed by atoms with Gasteiger partial charge in [-0.25, -0.2) is 5.90 Å².